The van der Waals surface area contributed by atoms with Crippen LogP contribution in [0.15, 0.2) is 0 Å². The highest BCUT2D eigenvalue weighted by Crippen LogP contribution is 2.16. The van der Waals surface area contributed by atoms with Crippen LogP contribution in [0, 0.1) is 0 Å². The molecule has 0 aliphatic heterocycles. The Morgan fingerprint density at radius 1 is 0.714 bits per heavy atom. The average molecular weight is 407 g/mol. The summed E-state index contributed by atoms with van der Waals surface area (Å²) in [5, 5.41) is 38.3. The molecular formula is C20H38O8. The van der Waals surface area contributed by atoms with Crippen molar-refractivity contribution in [3.63, 3.8) is 0 Å². The Balaban J connectivity index is 4.82. The smallest absolute Gasteiger partial charge is 0.335 e. The molecule has 0 aromatic rings. The second-order valence-electron chi connectivity index (χ2n) is 7.07. The lowest BCUT2D eigenvalue weighted by molar-refractivity contribution is -0.187. The molecule has 0 heterocycles. The molecule has 166 valence electrons. The minimum Gasteiger partial charge on any atom is -0.479 e. The predicted molar refractivity (Wildman–Crippen MR) is 104 cm³/mol. The molecule has 0 saturated heterocycles. The first kappa shape index (κ1) is 26.8. The van der Waals surface area contributed by atoms with Gasteiger partial charge in [0.05, 0.1) is 0 Å². The zero-order valence-electron chi connectivity index (χ0n) is 17.2. The predicted octanol–water partition coefficient (Wildman–Crippen LogP) is 2.59. The summed E-state index contributed by atoms with van der Waals surface area (Å²) in [6, 6.07) is 0. The van der Waals surface area contributed by atoms with Crippen molar-refractivity contribution in [2.75, 3.05) is 13.2 Å². The Hall–Kier alpha value is -1.22. The van der Waals surface area contributed by atoms with Crippen LogP contribution in [0.4, 0.5) is 0 Å². The highest BCUT2D eigenvalue weighted by atomic mass is 16.6. The molecule has 0 aliphatic rings. The lowest BCUT2D eigenvalue weighted by atomic mass is 10.0. The summed E-state index contributed by atoms with van der Waals surface area (Å²) >= 11 is 0. The highest BCUT2D eigenvalue weighted by Gasteiger charge is 2.41. The molecule has 0 amide bonds. The zero-order chi connectivity index (χ0) is 21.4. The van der Waals surface area contributed by atoms with Gasteiger partial charge in [-0.25, -0.2) is 9.59 Å². The maximum Gasteiger partial charge on any atom is 0.335 e. The normalized spacial score (nSPS) is 15.7. The van der Waals surface area contributed by atoms with E-state index in [4.69, 9.17) is 14.6 Å². The number of aliphatic hydroxyl groups excluding tert-OH is 2. The SMILES string of the molecule is CCCCCCCO[C@@H]([C@@H](O)[C@H](O)C(=O)O)[C@@H](OCCCCCCC)C(=O)O. The number of aliphatic carboxylic acids is 2. The third-order valence-electron chi connectivity index (χ3n) is 4.56. The molecule has 4 atom stereocenters. The van der Waals surface area contributed by atoms with E-state index in [1.807, 2.05) is 0 Å². The summed E-state index contributed by atoms with van der Waals surface area (Å²) in [5.74, 6) is -3.01. The molecule has 4 N–H and O–H groups in total. The molecule has 0 aromatic heterocycles. The van der Waals surface area contributed by atoms with Gasteiger partial charge in [0.15, 0.2) is 12.2 Å². The summed E-state index contributed by atoms with van der Waals surface area (Å²) in [5.41, 5.74) is 0. The quantitative estimate of drug-likeness (QED) is 0.241. The van der Waals surface area contributed by atoms with E-state index < -0.39 is 36.4 Å². The van der Waals surface area contributed by atoms with Gasteiger partial charge in [0, 0.05) is 13.2 Å². The van der Waals surface area contributed by atoms with Gasteiger partial charge in [-0.2, -0.15) is 0 Å². The first-order valence-corrected chi connectivity index (χ1v) is 10.4. The van der Waals surface area contributed by atoms with E-state index in [1.165, 1.54) is 0 Å². The summed E-state index contributed by atoms with van der Waals surface area (Å²) in [6.45, 7) is 4.50. The molecule has 0 fully saturated rings. The maximum atomic E-state index is 11.6. The number of carbonyl (C=O) groups is 2. The van der Waals surface area contributed by atoms with E-state index in [2.05, 4.69) is 13.8 Å². The Labute approximate surface area is 167 Å². The van der Waals surface area contributed by atoms with Crippen LogP contribution >= 0.6 is 0 Å². The molecule has 0 bridgehead atoms. The van der Waals surface area contributed by atoms with Crippen LogP contribution in [0.3, 0.4) is 0 Å². The molecule has 0 spiro atoms. The molecule has 0 unspecified atom stereocenters. The van der Waals surface area contributed by atoms with Gasteiger partial charge < -0.3 is 29.9 Å². The lowest BCUT2D eigenvalue weighted by Crippen LogP contribution is -2.52. The number of rotatable bonds is 19. The topological polar surface area (TPSA) is 134 Å². The van der Waals surface area contributed by atoms with Crippen molar-refractivity contribution in [1.29, 1.82) is 0 Å². The summed E-state index contributed by atoms with van der Waals surface area (Å²) < 4.78 is 10.9. The third-order valence-corrected chi connectivity index (χ3v) is 4.56. The molecule has 0 radical (unpaired) electrons. The minimum atomic E-state index is -2.15. The van der Waals surface area contributed by atoms with Crippen molar-refractivity contribution in [2.24, 2.45) is 0 Å². The number of ether oxygens (including phenoxy) is 2. The summed E-state index contributed by atoms with van der Waals surface area (Å²) in [6.07, 6.45) is 2.39. The third kappa shape index (κ3) is 11.6. The van der Waals surface area contributed by atoms with Crippen molar-refractivity contribution in [2.45, 2.75) is 102 Å². The van der Waals surface area contributed by atoms with E-state index in [1.54, 1.807) is 0 Å². The number of carboxylic acid groups (broad SMARTS) is 2. The number of hydrogen-bond acceptors (Lipinski definition) is 6. The largest absolute Gasteiger partial charge is 0.479 e. The van der Waals surface area contributed by atoms with E-state index in [0.29, 0.717) is 12.8 Å². The number of carboxylic acids is 2. The Morgan fingerprint density at radius 3 is 1.61 bits per heavy atom. The fourth-order valence-corrected chi connectivity index (χ4v) is 2.84. The standard InChI is InChI=1S/C20H38O8/c1-3-5-7-9-11-13-27-17(15(21)16(22)19(23)24)18(20(25)26)28-14-12-10-8-6-4-2/h15-18,21-22H,3-14H2,1-2H3,(H,23,24)(H,25,26)/t15-,16-,17-,18+/m0/s1. The van der Waals surface area contributed by atoms with E-state index >= 15 is 0 Å². The molecule has 0 aliphatic carbocycles. The summed E-state index contributed by atoms with van der Waals surface area (Å²) in [4.78, 5) is 22.6. The Morgan fingerprint density at radius 2 is 1.18 bits per heavy atom. The summed E-state index contributed by atoms with van der Waals surface area (Å²) in [7, 11) is 0. The highest BCUT2D eigenvalue weighted by molar-refractivity contribution is 5.75. The van der Waals surface area contributed by atoms with Gasteiger partial charge in [-0.1, -0.05) is 65.2 Å². The second-order valence-corrected chi connectivity index (χ2v) is 7.07. The molecule has 0 saturated carbocycles. The first-order valence-electron chi connectivity index (χ1n) is 10.4. The first-order chi connectivity index (χ1) is 13.4. The van der Waals surface area contributed by atoms with Crippen LogP contribution < -0.4 is 0 Å². The van der Waals surface area contributed by atoms with Crippen LogP contribution in [-0.2, 0) is 19.1 Å². The number of hydrogen-bond donors (Lipinski definition) is 4. The fourth-order valence-electron chi connectivity index (χ4n) is 2.84. The number of unbranched alkanes of at least 4 members (excludes halogenated alkanes) is 8. The van der Waals surface area contributed by atoms with Crippen molar-refractivity contribution < 1.29 is 39.5 Å². The van der Waals surface area contributed by atoms with Crippen LogP contribution in [0.2, 0.25) is 0 Å². The van der Waals surface area contributed by atoms with Crippen LogP contribution in [0.1, 0.15) is 78.1 Å². The maximum absolute atomic E-state index is 11.6. The van der Waals surface area contributed by atoms with Gasteiger partial charge in [0.1, 0.15) is 12.2 Å². The zero-order valence-corrected chi connectivity index (χ0v) is 17.2. The van der Waals surface area contributed by atoms with E-state index in [0.717, 1.165) is 51.4 Å². The number of aliphatic hydroxyl groups is 2. The molecular weight excluding hydrogens is 368 g/mol. The van der Waals surface area contributed by atoms with Gasteiger partial charge in [-0.15, -0.1) is 0 Å². The fraction of sp³-hybridized carbons (Fsp3) is 0.900. The lowest BCUT2D eigenvalue weighted by Gasteiger charge is -2.30. The Bertz CT molecular complexity index is 415. The van der Waals surface area contributed by atoms with Crippen molar-refractivity contribution in [3.05, 3.63) is 0 Å². The van der Waals surface area contributed by atoms with Crippen molar-refractivity contribution in [3.8, 4) is 0 Å². The monoisotopic (exact) mass is 406 g/mol. The van der Waals surface area contributed by atoms with E-state index in [-0.39, 0.29) is 13.2 Å². The Kier molecular flexibility index (Phi) is 16.0. The molecule has 8 heteroatoms. The van der Waals surface area contributed by atoms with Crippen molar-refractivity contribution in [1.82, 2.24) is 0 Å². The minimum absolute atomic E-state index is 0.154. The second kappa shape index (κ2) is 16.7. The van der Waals surface area contributed by atoms with Gasteiger partial charge in [0.2, 0.25) is 0 Å². The molecule has 0 aromatic carbocycles. The van der Waals surface area contributed by atoms with Gasteiger partial charge in [-0.05, 0) is 12.8 Å². The van der Waals surface area contributed by atoms with Crippen LogP contribution in [0.25, 0.3) is 0 Å². The van der Waals surface area contributed by atoms with Crippen LogP contribution in [-0.4, -0.2) is 70.0 Å². The van der Waals surface area contributed by atoms with Gasteiger partial charge in [0.25, 0.3) is 0 Å². The van der Waals surface area contributed by atoms with Crippen LogP contribution in [0.5, 0.6) is 0 Å². The molecule has 8 nitrogen and oxygen atoms in total. The van der Waals surface area contributed by atoms with Crippen molar-refractivity contribution >= 4 is 11.9 Å². The average Bonchev–Trinajstić information content (AvgIpc) is 2.66. The molecule has 28 heavy (non-hydrogen) atoms. The molecule has 0 rings (SSSR count). The van der Waals surface area contributed by atoms with E-state index in [9.17, 15) is 24.9 Å². The van der Waals surface area contributed by atoms with Gasteiger partial charge in [-0.3, -0.25) is 0 Å². The van der Waals surface area contributed by atoms with Gasteiger partial charge >= 0.3 is 11.9 Å².